The summed E-state index contributed by atoms with van der Waals surface area (Å²) in [6, 6.07) is 12.2. The Kier molecular flexibility index (Phi) is 7.53. The second-order valence-electron chi connectivity index (χ2n) is 6.54. The summed E-state index contributed by atoms with van der Waals surface area (Å²) >= 11 is 0. The van der Waals surface area contributed by atoms with Crippen LogP contribution in [0.1, 0.15) is 32.3 Å². The number of amides is 1. The lowest BCUT2D eigenvalue weighted by Gasteiger charge is -2.19. The van der Waals surface area contributed by atoms with Crippen LogP contribution in [0, 0.1) is 0 Å². The Bertz CT molecular complexity index is 951. The minimum absolute atomic E-state index is 0.00116. The Morgan fingerprint density at radius 1 is 1.11 bits per heavy atom. The van der Waals surface area contributed by atoms with E-state index >= 15 is 0 Å². The molecule has 0 fully saturated rings. The summed E-state index contributed by atoms with van der Waals surface area (Å²) in [5.74, 6) is -0.224. The first-order valence-electron chi connectivity index (χ1n) is 9.31. The van der Waals surface area contributed by atoms with E-state index in [0.29, 0.717) is 19.6 Å². The van der Waals surface area contributed by atoms with E-state index in [0.717, 1.165) is 10.1 Å². The first kappa shape index (κ1) is 21.8. The van der Waals surface area contributed by atoms with Crippen molar-refractivity contribution in [2.75, 3.05) is 19.6 Å². The van der Waals surface area contributed by atoms with E-state index in [1.54, 1.807) is 13.8 Å². The van der Waals surface area contributed by atoms with Gasteiger partial charge in [0.05, 0.1) is 4.90 Å². The largest absolute Gasteiger partial charge is 0.354 e. The maximum Gasteiger partial charge on any atom is 0.251 e. The van der Waals surface area contributed by atoms with E-state index < -0.39 is 15.6 Å². The second-order valence-corrected chi connectivity index (χ2v) is 8.47. The SMILES string of the molecule is CCN(CC)S(=O)(=O)c1ccc(=O)n(CC(=O)NCC(C)c2ccccc2)c1. The van der Waals surface area contributed by atoms with Crippen LogP contribution in [0.15, 0.2) is 58.4 Å². The number of aromatic nitrogens is 1. The van der Waals surface area contributed by atoms with Crippen LogP contribution in [0.25, 0.3) is 0 Å². The molecular formula is C20H27N3O4S. The van der Waals surface area contributed by atoms with E-state index in [9.17, 15) is 18.0 Å². The van der Waals surface area contributed by atoms with Gasteiger partial charge in [0.25, 0.3) is 5.56 Å². The number of hydrogen-bond donors (Lipinski definition) is 1. The van der Waals surface area contributed by atoms with Gasteiger partial charge in [0, 0.05) is 31.9 Å². The zero-order chi connectivity index (χ0) is 20.7. The van der Waals surface area contributed by atoms with Crippen molar-refractivity contribution in [1.29, 1.82) is 0 Å². The smallest absolute Gasteiger partial charge is 0.251 e. The minimum atomic E-state index is -3.70. The van der Waals surface area contributed by atoms with Gasteiger partial charge in [-0.2, -0.15) is 4.31 Å². The van der Waals surface area contributed by atoms with Crippen LogP contribution in [0.2, 0.25) is 0 Å². The van der Waals surface area contributed by atoms with Gasteiger partial charge in [-0.05, 0) is 17.5 Å². The van der Waals surface area contributed by atoms with Gasteiger partial charge in [0.1, 0.15) is 6.54 Å². The first-order valence-corrected chi connectivity index (χ1v) is 10.8. The van der Waals surface area contributed by atoms with Crippen LogP contribution >= 0.6 is 0 Å². The molecule has 8 heteroatoms. The molecule has 0 radical (unpaired) electrons. The Morgan fingerprint density at radius 2 is 1.75 bits per heavy atom. The molecule has 0 spiro atoms. The van der Waals surface area contributed by atoms with Crippen molar-refractivity contribution in [3.05, 3.63) is 64.6 Å². The molecule has 1 heterocycles. The average Bonchev–Trinajstić information content (AvgIpc) is 2.69. The molecule has 1 atom stereocenters. The molecule has 1 unspecified atom stereocenters. The number of sulfonamides is 1. The van der Waals surface area contributed by atoms with Crippen molar-refractivity contribution >= 4 is 15.9 Å². The third-order valence-corrected chi connectivity index (χ3v) is 6.62. The van der Waals surface area contributed by atoms with Crippen molar-refractivity contribution in [2.45, 2.75) is 38.1 Å². The third-order valence-electron chi connectivity index (χ3n) is 4.59. The number of benzene rings is 1. The van der Waals surface area contributed by atoms with Crippen molar-refractivity contribution in [2.24, 2.45) is 0 Å². The molecule has 1 N–H and O–H groups in total. The second kappa shape index (κ2) is 9.66. The van der Waals surface area contributed by atoms with Crippen molar-refractivity contribution < 1.29 is 13.2 Å². The molecule has 0 saturated carbocycles. The molecule has 28 heavy (non-hydrogen) atoms. The fraction of sp³-hybridized carbons (Fsp3) is 0.400. The van der Waals surface area contributed by atoms with Crippen LogP contribution in [0.3, 0.4) is 0 Å². The van der Waals surface area contributed by atoms with Crippen molar-refractivity contribution in [3.8, 4) is 0 Å². The Labute approximate surface area is 166 Å². The first-order chi connectivity index (χ1) is 13.3. The average molecular weight is 406 g/mol. The Morgan fingerprint density at radius 3 is 2.36 bits per heavy atom. The van der Waals surface area contributed by atoms with Gasteiger partial charge in [-0.25, -0.2) is 8.42 Å². The summed E-state index contributed by atoms with van der Waals surface area (Å²) in [5, 5.41) is 2.80. The van der Waals surface area contributed by atoms with Gasteiger partial charge < -0.3 is 9.88 Å². The standard InChI is InChI=1S/C20H27N3O4S/c1-4-23(5-2)28(26,27)18-11-12-20(25)22(14-18)15-19(24)21-13-16(3)17-9-7-6-8-10-17/h6-12,14,16H,4-5,13,15H2,1-3H3,(H,21,24). The number of rotatable bonds is 9. The molecule has 7 nitrogen and oxygen atoms in total. The summed E-state index contributed by atoms with van der Waals surface area (Å²) in [5.41, 5.74) is 0.678. The van der Waals surface area contributed by atoms with Gasteiger partial charge in [-0.1, -0.05) is 51.1 Å². The highest BCUT2D eigenvalue weighted by Crippen LogP contribution is 2.14. The minimum Gasteiger partial charge on any atom is -0.354 e. The predicted octanol–water partition coefficient (Wildman–Crippen LogP) is 1.80. The molecule has 1 aromatic carbocycles. The van der Waals surface area contributed by atoms with Crippen LogP contribution in [0.4, 0.5) is 0 Å². The molecule has 2 aromatic rings. The molecule has 1 amide bonds. The van der Waals surface area contributed by atoms with Gasteiger partial charge in [0.2, 0.25) is 15.9 Å². The molecule has 0 saturated heterocycles. The van der Waals surface area contributed by atoms with Crippen LogP contribution in [-0.2, 0) is 21.4 Å². The summed E-state index contributed by atoms with van der Waals surface area (Å²) in [6.45, 7) is 6.35. The number of carbonyl (C=O) groups excluding carboxylic acids is 1. The Balaban J connectivity index is 2.09. The lowest BCUT2D eigenvalue weighted by atomic mass is 10.0. The van der Waals surface area contributed by atoms with E-state index in [1.165, 1.54) is 22.6 Å². The summed E-state index contributed by atoms with van der Waals surface area (Å²) < 4.78 is 27.7. The van der Waals surface area contributed by atoms with Gasteiger partial charge >= 0.3 is 0 Å². The quantitative estimate of drug-likeness (QED) is 0.689. The summed E-state index contributed by atoms with van der Waals surface area (Å²) in [7, 11) is -3.70. The molecule has 0 aliphatic rings. The highest BCUT2D eigenvalue weighted by Gasteiger charge is 2.22. The predicted molar refractivity (Wildman–Crippen MR) is 109 cm³/mol. The monoisotopic (exact) mass is 405 g/mol. The van der Waals surface area contributed by atoms with Crippen molar-refractivity contribution in [3.63, 3.8) is 0 Å². The lowest BCUT2D eigenvalue weighted by molar-refractivity contribution is -0.121. The molecule has 2 rings (SSSR count). The van der Waals surface area contributed by atoms with E-state index in [1.807, 2.05) is 37.3 Å². The molecule has 0 aliphatic carbocycles. The summed E-state index contributed by atoms with van der Waals surface area (Å²) in [6.07, 6.45) is 1.23. The molecular weight excluding hydrogens is 378 g/mol. The number of nitrogens with zero attached hydrogens (tertiary/aromatic N) is 2. The lowest BCUT2D eigenvalue weighted by Crippen LogP contribution is -2.35. The fourth-order valence-electron chi connectivity index (χ4n) is 2.88. The molecule has 0 bridgehead atoms. The number of carbonyl (C=O) groups is 1. The highest BCUT2D eigenvalue weighted by molar-refractivity contribution is 7.89. The van der Waals surface area contributed by atoms with E-state index in [4.69, 9.17) is 0 Å². The number of pyridine rings is 1. The molecule has 0 aliphatic heterocycles. The van der Waals surface area contributed by atoms with Crippen LogP contribution in [-0.4, -0.2) is 42.8 Å². The van der Waals surface area contributed by atoms with Crippen LogP contribution < -0.4 is 10.9 Å². The Hall–Kier alpha value is -2.45. The topological polar surface area (TPSA) is 88.5 Å². The number of hydrogen-bond acceptors (Lipinski definition) is 4. The van der Waals surface area contributed by atoms with Crippen molar-refractivity contribution in [1.82, 2.24) is 14.2 Å². The molecule has 152 valence electrons. The fourth-order valence-corrected chi connectivity index (χ4v) is 4.35. The normalized spacial score (nSPS) is 12.7. The summed E-state index contributed by atoms with van der Waals surface area (Å²) in [4.78, 5) is 24.4. The number of nitrogens with one attached hydrogen (secondary N) is 1. The highest BCUT2D eigenvalue weighted by atomic mass is 32.2. The zero-order valence-corrected chi connectivity index (χ0v) is 17.3. The molecule has 1 aromatic heterocycles. The maximum atomic E-state index is 12.6. The van der Waals surface area contributed by atoms with Gasteiger partial charge in [0.15, 0.2) is 0 Å². The van der Waals surface area contributed by atoms with E-state index in [2.05, 4.69) is 5.32 Å². The van der Waals surface area contributed by atoms with Crippen LogP contribution in [0.5, 0.6) is 0 Å². The van der Waals surface area contributed by atoms with Gasteiger partial charge in [-0.3, -0.25) is 9.59 Å². The van der Waals surface area contributed by atoms with E-state index in [-0.39, 0.29) is 23.3 Å². The zero-order valence-electron chi connectivity index (χ0n) is 16.5. The van der Waals surface area contributed by atoms with Gasteiger partial charge in [-0.15, -0.1) is 0 Å². The third kappa shape index (κ3) is 5.30. The maximum absolute atomic E-state index is 12.6.